The molecule has 1 fully saturated rings. The van der Waals surface area contributed by atoms with Gasteiger partial charge in [-0.05, 0) is 37.8 Å². The van der Waals surface area contributed by atoms with Gasteiger partial charge >= 0.3 is 0 Å². The van der Waals surface area contributed by atoms with Gasteiger partial charge in [-0.25, -0.2) is 0 Å². The van der Waals surface area contributed by atoms with Crippen molar-refractivity contribution in [3.05, 3.63) is 23.8 Å². The van der Waals surface area contributed by atoms with Gasteiger partial charge in [0.2, 0.25) is 0 Å². The van der Waals surface area contributed by atoms with E-state index in [1.807, 2.05) is 18.2 Å². The van der Waals surface area contributed by atoms with Gasteiger partial charge < -0.3 is 19.3 Å². The lowest BCUT2D eigenvalue weighted by molar-refractivity contribution is 0.0202. The minimum Gasteiger partial charge on any atom is -0.493 e. The molecule has 0 bridgehead atoms. The van der Waals surface area contributed by atoms with Crippen molar-refractivity contribution < 1.29 is 19.3 Å². The zero-order valence-corrected chi connectivity index (χ0v) is 13.0. The summed E-state index contributed by atoms with van der Waals surface area (Å²) in [6.07, 6.45) is 5.55. The van der Waals surface area contributed by atoms with Crippen LogP contribution in [0.15, 0.2) is 18.2 Å². The molecule has 1 aliphatic carbocycles. The Morgan fingerprint density at radius 3 is 2.76 bits per heavy atom. The van der Waals surface area contributed by atoms with Crippen molar-refractivity contribution in [1.29, 1.82) is 0 Å². The summed E-state index contributed by atoms with van der Waals surface area (Å²) in [4.78, 5) is 0. The van der Waals surface area contributed by atoms with Crippen LogP contribution in [-0.4, -0.2) is 31.0 Å². The molecule has 0 amide bonds. The minimum absolute atomic E-state index is 0.0240. The quantitative estimate of drug-likeness (QED) is 0.838. The first kappa shape index (κ1) is 16.1. The highest BCUT2D eigenvalue weighted by Gasteiger charge is 2.23. The van der Waals surface area contributed by atoms with Gasteiger partial charge in [-0.3, -0.25) is 0 Å². The molecule has 4 nitrogen and oxygen atoms in total. The number of methoxy groups -OCH3 is 1. The van der Waals surface area contributed by atoms with Crippen molar-refractivity contribution in [2.24, 2.45) is 0 Å². The van der Waals surface area contributed by atoms with Crippen LogP contribution in [0.1, 0.15) is 44.6 Å². The Morgan fingerprint density at radius 2 is 2.05 bits per heavy atom. The summed E-state index contributed by atoms with van der Waals surface area (Å²) >= 11 is 0. The summed E-state index contributed by atoms with van der Waals surface area (Å²) in [5.41, 5.74) is 0.804. The van der Waals surface area contributed by atoms with Crippen LogP contribution in [0, 0.1) is 0 Å². The maximum Gasteiger partial charge on any atom is 0.128 e. The fraction of sp³-hybridized carbons (Fsp3) is 0.647. The number of ether oxygens (including phenoxy) is 3. The van der Waals surface area contributed by atoms with E-state index < -0.39 is 0 Å². The highest BCUT2D eigenvalue weighted by atomic mass is 16.5. The maximum absolute atomic E-state index is 9.47. The zero-order valence-electron chi connectivity index (χ0n) is 13.0. The summed E-state index contributed by atoms with van der Waals surface area (Å²) < 4.78 is 17.2. The van der Waals surface area contributed by atoms with Crippen molar-refractivity contribution >= 4 is 0 Å². The average molecular weight is 294 g/mol. The second-order valence-corrected chi connectivity index (χ2v) is 5.54. The van der Waals surface area contributed by atoms with Crippen LogP contribution in [0.4, 0.5) is 0 Å². The number of hydrogen-bond donors (Lipinski definition) is 1. The predicted molar refractivity (Wildman–Crippen MR) is 81.8 cm³/mol. The first-order valence-corrected chi connectivity index (χ1v) is 7.82. The minimum atomic E-state index is -0.0240. The SMILES string of the molecule is CCCOc1ccc(CO)c(OC2CCCC(OC)C2)c1. The molecule has 0 aromatic heterocycles. The van der Waals surface area contributed by atoms with Gasteiger partial charge in [0.1, 0.15) is 17.6 Å². The molecule has 118 valence electrons. The van der Waals surface area contributed by atoms with Gasteiger partial charge in [-0.15, -0.1) is 0 Å². The van der Waals surface area contributed by atoms with E-state index >= 15 is 0 Å². The second-order valence-electron chi connectivity index (χ2n) is 5.54. The largest absolute Gasteiger partial charge is 0.493 e. The van der Waals surface area contributed by atoms with Gasteiger partial charge in [0, 0.05) is 25.2 Å². The highest BCUT2D eigenvalue weighted by molar-refractivity contribution is 5.40. The van der Waals surface area contributed by atoms with Crippen LogP contribution in [0.3, 0.4) is 0 Å². The van der Waals surface area contributed by atoms with Crippen LogP contribution in [0.5, 0.6) is 11.5 Å². The number of aliphatic hydroxyl groups is 1. The third kappa shape index (κ3) is 4.61. The number of benzene rings is 1. The summed E-state index contributed by atoms with van der Waals surface area (Å²) in [5, 5.41) is 9.47. The number of hydrogen-bond acceptors (Lipinski definition) is 4. The molecular weight excluding hydrogens is 268 g/mol. The van der Waals surface area contributed by atoms with Crippen LogP contribution >= 0.6 is 0 Å². The van der Waals surface area contributed by atoms with Crippen LogP contribution in [-0.2, 0) is 11.3 Å². The summed E-state index contributed by atoms with van der Waals surface area (Å²) in [6, 6.07) is 5.64. The molecule has 4 heteroatoms. The smallest absolute Gasteiger partial charge is 0.128 e. The van der Waals surface area contributed by atoms with Crippen molar-refractivity contribution in [2.45, 2.75) is 57.8 Å². The van der Waals surface area contributed by atoms with E-state index in [9.17, 15) is 5.11 Å². The van der Waals surface area contributed by atoms with E-state index in [1.165, 1.54) is 0 Å². The molecule has 2 atom stereocenters. The lowest BCUT2D eigenvalue weighted by atomic mass is 9.95. The number of rotatable bonds is 7. The predicted octanol–water partition coefficient (Wildman–Crippen LogP) is 3.30. The molecule has 21 heavy (non-hydrogen) atoms. The second kappa shape index (κ2) is 8.25. The van der Waals surface area contributed by atoms with E-state index in [0.29, 0.717) is 6.61 Å². The van der Waals surface area contributed by atoms with Gasteiger partial charge in [-0.2, -0.15) is 0 Å². The Balaban J connectivity index is 2.05. The lowest BCUT2D eigenvalue weighted by Crippen LogP contribution is -2.29. The summed E-state index contributed by atoms with van der Waals surface area (Å²) in [6.45, 7) is 2.74. The maximum atomic E-state index is 9.47. The van der Waals surface area contributed by atoms with Crippen molar-refractivity contribution in [1.82, 2.24) is 0 Å². The van der Waals surface area contributed by atoms with E-state index in [1.54, 1.807) is 7.11 Å². The van der Waals surface area contributed by atoms with Gasteiger partial charge in [-0.1, -0.05) is 6.92 Å². The Bertz CT molecular complexity index is 433. The molecular formula is C17H26O4. The van der Waals surface area contributed by atoms with Crippen molar-refractivity contribution in [3.8, 4) is 11.5 Å². The third-order valence-corrected chi connectivity index (χ3v) is 3.89. The highest BCUT2D eigenvalue weighted by Crippen LogP contribution is 2.30. The van der Waals surface area contributed by atoms with Crippen LogP contribution in [0.25, 0.3) is 0 Å². The molecule has 0 spiro atoms. The Labute approximate surface area is 127 Å². The molecule has 2 rings (SSSR count). The van der Waals surface area contributed by atoms with Gasteiger partial charge in [0.15, 0.2) is 0 Å². The first-order chi connectivity index (χ1) is 10.3. The monoisotopic (exact) mass is 294 g/mol. The molecule has 2 unspecified atom stereocenters. The molecule has 1 aliphatic rings. The van der Waals surface area contributed by atoms with Crippen molar-refractivity contribution in [2.75, 3.05) is 13.7 Å². The Kier molecular flexibility index (Phi) is 6.33. The Morgan fingerprint density at radius 1 is 1.24 bits per heavy atom. The van der Waals surface area contributed by atoms with E-state index in [-0.39, 0.29) is 18.8 Å². The number of aliphatic hydroxyl groups excluding tert-OH is 1. The molecule has 0 heterocycles. The normalized spacial score (nSPS) is 22.0. The molecule has 0 saturated heterocycles. The first-order valence-electron chi connectivity index (χ1n) is 7.82. The van der Waals surface area contributed by atoms with Crippen molar-refractivity contribution in [3.63, 3.8) is 0 Å². The molecule has 1 aromatic rings. The molecule has 1 aromatic carbocycles. The van der Waals surface area contributed by atoms with Crippen LogP contribution < -0.4 is 9.47 Å². The topological polar surface area (TPSA) is 47.9 Å². The standard InChI is InChI=1S/C17H26O4/c1-3-9-20-15-8-7-13(12-18)17(11-15)21-16-6-4-5-14(10-16)19-2/h7-8,11,14,16,18H,3-6,9-10,12H2,1-2H3. The van der Waals surface area contributed by atoms with Gasteiger partial charge in [0.05, 0.1) is 19.3 Å². The summed E-state index contributed by atoms with van der Waals surface area (Å²) in [7, 11) is 1.76. The summed E-state index contributed by atoms with van der Waals surface area (Å²) in [5.74, 6) is 1.52. The van der Waals surface area contributed by atoms with Gasteiger partial charge in [0.25, 0.3) is 0 Å². The molecule has 1 saturated carbocycles. The molecule has 0 aliphatic heterocycles. The Hall–Kier alpha value is -1.26. The van der Waals surface area contributed by atoms with E-state index in [0.717, 1.165) is 49.2 Å². The zero-order chi connectivity index (χ0) is 15.1. The van der Waals surface area contributed by atoms with E-state index in [2.05, 4.69) is 6.92 Å². The van der Waals surface area contributed by atoms with E-state index in [4.69, 9.17) is 14.2 Å². The fourth-order valence-electron chi connectivity index (χ4n) is 2.69. The lowest BCUT2D eigenvalue weighted by Gasteiger charge is -2.29. The average Bonchev–Trinajstić information content (AvgIpc) is 2.53. The third-order valence-electron chi connectivity index (χ3n) is 3.89. The fourth-order valence-corrected chi connectivity index (χ4v) is 2.69. The van der Waals surface area contributed by atoms with Crippen LogP contribution in [0.2, 0.25) is 0 Å². The molecule has 0 radical (unpaired) electrons. The molecule has 1 N–H and O–H groups in total.